The number of fused-ring (bicyclic) bond motifs is 1. The largest absolute Gasteiger partial charge is 0.497 e. The first kappa shape index (κ1) is 21.8. The Morgan fingerprint density at radius 3 is 2.39 bits per heavy atom. The Hall–Kier alpha value is -2.38. The summed E-state index contributed by atoms with van der Waals surface area (Å²) in [4.78, 5) is 32.2. The van der Waals surface area contributed by atoms with Gasteiger partial charge in [-0.2, -0.15) is 0 Å². The molecule has 1 amide bonds. The van der Waals surface area contributed by atoms with Crippen molar-refractivity contribution in [1.82, 2.24) is 14.7 Å². The maximum Gasteiger partial charge on any atom is 0.339 e. The van der Waals surface area contributed by atoms with Crippen molar-refractivity contribution in [2.75, 3.05) is 59.5 Å². The van der Waals surface area contributed by atoms with Crippen LogP contribution in [0, 0.1) is 6.92 Å². The van der Waals surface area contributed by atoms with E-state index in [4.69, 9.17) is 9.15 Å². The van der Waals surface area contributed by atoms with E-state index in [9.17, 15) is 9.59 Å². The monoisotopic (exact) mass is 427 g/mol. The van der Waals surface area contributed by atoms with Crippen molar-refractivity contribution < 1.29 is 13.9 Å². The van der Waals surface area contributed by atoms with Crippen LogP contribution in [0.15, 0.2) is 27.4 Å². The van der Waals surface area contributed by atoms with Crippen molar-refractivity contribution in [3.05, 3.63) is 39.7 Å². The third kappa shape index (κ3) is 5.10. The summed E-state index contributed by atoms with van der Waals surface area (Å²) >= 11 is 0. The van der Waals surface area contributed by atoms with Gasteiger partial charge in [-0.3, -0.25) is 9.69 Å². The average molecular weight is 428 g/mol. The minimum atomic E-state index is -0.363. The number of amides is 1. The van der Waals surface area contributed by atoms with Crippen molar-refractivity contribution in [3.8, 4) is 5.75 Å². The second kappa shape index (κ2) is 9.83. The number of benzene rings is 1. The topological polar surface area (TPSA) is 66.2 Å². The minimum Gasteiger partial charge on any atom is -0.497 e. The van der Waals surface area contributed by atoms with Gasteiger partial charge in [0.15, 0.2) is 0 Å². The molecule has 0 bridgehead atoms. The molecule has 1 aromatic carbocycles. The van der Waals surface area contributed by atoms with Crippen LogP contribution >= 0.6 is 0 Å². The molecular formula is C24H33N3O4. The van der Waals surface area contributed by atoms with Gasteiger partial charge in [-0.15, -0.1) is 0 Å². The summed E-state index contributed by atoms with van der Waals surface area (Å²) in [7, 11) is 1.58. The molecule has 0 saturated carbocycles. The zero-order valence-electron chi connectivity index (χ0n) is 18.7. The smallest absolute Gasteiger partial charge is 0.339 e. The van der Waals surface area contributed by atoms with Crippen molar-refractivity contribution >= 4 is 16.9 Å². The highest BCUT2D eigenvalue weighted by atomic mass is 16.5. The summed E-state index contributed by atoms with van der Waals surface area (Å²) in [5.41, 5.74) is 1.63. The van der Waals surface area contributed by atoms with Crippen LogP contribution in [0.25, 0.3) is 11.0 Å². The highest BCUT2D eigenvalue weighted by Gasteiger charge is 2.22. The molecule has 31 heavy (non-hydrogen) atoms. The number of rotatable bonds is 7. The molecule has 0 unspecified atom stereocenters. The highest BCUT2D eigenvalue weighted by Crippen LogP contribution is 2.24. The molecule has 3 heterocycles. The van der Waals surface area contributed by atoms with Gasteiger partial charge in [0.1, 0.15) is 11.3 Å². The van der Waals surface area contributed by atoms with E-state index in [0.717, 1.165) is 50.2 Å². The maximum absolute atomic E-state index is 12.8. The molecule has 7 nitrogen and oxygen atoms in total. The molecule has 0 N–H and O–H groups in total. The molecule has 7 heteroatoms. The molecule has 4 rings (SSSR count). The Kier molecular flexibility index (Phi) is 6.92. The van der Waals surface area contributed by atoms with Gasteiger partial charge in [0.25, 0.3) is 0 Å². The third-order valence-corrected chi connectivity index (χ3v) is 6.74. The zero-order chi connectivity index (χ0) is 21.8. The minimum absolute atomic E-state index is 0.118. The van der Waals surface area contributed by atoms with Crippen molar-refractivity contribution in [2.24, 2.45) is 0 Å². The first-order valence-electron chi connectivity index (χ1n) is 11.4. The SMILES string of the molecule is COc1ccc2c(C)c(CCC(=O)N3CCN(CCN4CCCC4)CC3)c(=O)oc2c1. The summed E-state index contributed by atoms with van der Waals surface area (Å²) in [6, 6.07) is 5.48. The molecule has 2 fully saturated rings. The molecule has 0 aliphatic carbocycles. The van der Waals surface area contributed by atoms with Crippen LogP contribution in [0.3, 0.4) is 0 Å². The Morgan fingerprint density at radius 1 is 1.03 bits per heavy atom. The Labute approximate surface area is 183 Å². The van der Waals surface area contributed by atoms with Crippen molar-refractivity contribution in [2.45, 2.75) is 32.6 Å². The van der Waals surface area contributed by atoms with Crippen LogP contribution < -0.4 is 10.4 Å². The summed E-state index contributed by atoms with van der Waals surface area (Å²) in [5.74, 6) is 0.769. The zero-order valence-corrected chi connectivity index (χ0v) is 18.7. The van der Waals surface area contributed by atoms with E-state index in [0.29, 0.717) is 29.7 Å². The fraction of sp³-hybridized carbons (Fsp3) is 0.583. The molecule has 2 aromatic rings. The maximum atomic E-state index is 12.8. The molecule has 0 radical (unpaired) electrons. The van der Waals surface area contributed by atoms with Gasteiger partial charge in [-0.05, 0) is 57.0 Å². The summed E-state index contributed by atoms with van der Waals surface area (Å²) in [5, 5.41) is 0.884. The molecule has 168 valence electrons. The summed E-state index contributed by atoms with van der Waals surface area (Å²) in [6.07, 6.45) is 3.39. The number of hydrogen-bond donors (Lipinski definition) is 0. The lowest BCUT2D eigenvalue weighted by Crippen LogP contribution is -2.50. The van der Waals surface area contributed by atoms with Gasteiger partial charge in [0.05, 0.1) is 7.11 Å². The first-order valence-corrected chi connectivity index (χ1v) is 11.4. The van der Waals surface area contributed by atoms with Crippen LogP contribution in [0.2, 0.25) is 0 Å². The van der Waals surface area contributed by atoms with E-state index < -0.39 is 0 Å². The molecule has 0 spiro atoms. The third-order valence-electron chi connectivity index (χ3n) is 6.74. The number of hydrogen-bond acceptors (Lipinski definition) is 6. The van der Waals surface area contributed by atoms with Gasteiger partial charge in [-0.1, -0.05) is 0 Å². The summed E-state index contributed by atoms with van der Waals surface area (Å²) in [6.45, 7) is 10.00. The number of methoxy groups -OCH3 is 1. The van der Waals surface area contributed by atoms with Gasteiger partial charge >= 0.3 is 5.63 Å². The normalized spacial score (nSPS) is 18.1. The molecule has 1 aromatic heterocycles. The molecule has 2 aliphatic rings. The van der Waals surface area contributed by atoms with Gasteiger partial charge in [0, 0.05) is 62.7 Å². The lowest BCUT2D eigenvalue weighted by atomic mass is 10.0. The van der Waals surface area contributed by atoms with Crippen LogP contribution in [0.1, 0.15) is 30.4 Å². The van der Waals surface area contributed by atoms with E-state index in [1.807, 2.05) is 24.0 Å². The fourth-order valence-electron chi connectivity index (χ4n) is 4.69. The predicted octanol–water partition coefficient (Wildman–Crippen LogP) is 2.28. The second-order valence-electron chi connectivity index (χ2n) is 8.63. The van der Waals surface area contributed by atoms with E-state index in [2.05, 4.69) is 9.80 Å². The lowest BCUT2D eigenvalue weighted by Gasteiger charge is -2.35. The first-order chi connectivity index (χ1) is 15.0. The lowest BCUT2D eigenvalue weighted by molar-refractivity contribution is -0.132. The number of ether oxygens (including phenoxy) is 1. The fourth-order valence-corrected chi connectivity index (χ4v) is 4.69. The van der Waals surface area contributed by atoms with E-state index in [1.54, 1.807) is 13.2 Å². The van der Waals surface area contributed by atoms with Gasteiger partial charge in [-0.25, -0.2) is 4.79 Å². The average Bonchev–Trinajstić information content (AvgIpc) is 3.31. The number of carbonyl (C=O) groups excluding carboxylic acids is 1. The van der Waals surface area contributed by atoms with Crippen LogP contribution in [-0.2, 0) is 11.2 Å². The van der Waals surface area contributed by atoms with E-state index >= 15 is 0 Å². The van der Waals surface area contributed by atoms with Crippen LogP contribution in [-0.4, -0.2) is 80.1 Å². The van der Waals surface area contributed by atoms with Crippen LogP contribution in [0.5, 0.6) is 5.75 Å². The molecular weight excluding hydrogens is 394 g/mol. The predicted molar refractivity (Wildman–Crippen MR) is 121 cm³/mol. The Balaban J connectivity index is 1.30. The number of aryl methyl sites for hydroxylation is 1. The molecule has 2 aliphatic heterocycles. The standard InChI is InChI=1S/C24H33N3O4/c1-18-20-6-5-19(30-2)17-22(20)31-24(29)21(18)7-8-23(28)27-15-13-26(14-16-27)12-11-25-9-3-4-10-25/h5-6,17H,3-4,7-16H2,1-2H3. The number of likely N-dealkylation sites (tertiary alicyclic amines) is 1. The van der Waals surface area contributed by atoms with E-state index in [-0.39, 0.29) is 11.5 Å². The number of carbonyl (C=O) groups is 1. The molecule has 2 saturated heterocycles. The highest BCUT2D eigenvalue weighted by molar-refractivity contribution is 5.82. The quantitative estimate of drug-likeness (QED) is 0.632. The number of piperazine rings is 1. The van der Waals surface area contributed by atoms with Crippen molar-refractivity contribution in [1.29, 1.82) is 0 Å². The molecule has 0 atom stereocenters. The van der Waals surface area contributed by atoms with Crippen LogP contribution in [0.4, 0.5) is 0 Å². The Morgan fingerprint density at radius 2 is 1.71 bits per heavy atom. The van der Waals surface area contributed by atoms with Crippen molar-refractivity contribution in [3.63, 3.8) is 0 Å². The second-order valence-corrected chi connectivity index (χ2v) is 8.63. The van der Waals surface area contributed by atoms with Gasteiger partial charge in [0.2, 0.25) is 5.91 Å². The number of nitrogens with zero attached hydrogens (tertiary/aromatic N) is 3. The van der Waals surface area contributed by atoms with E-state index in [1.165, 1.54) is 25.9 Å². The summed E-state index contributed by atoms with van der Waals surface area (Å²) < 4.78 is 10.7. The van der Waals surface area contributed by atoms with Gasteiger partial charge < -0.3 is 19.0 Å². The Bertz CT molecular complexity index is 973.